The summed E-state index contributed by atoms with van der Waals surface area (Å²) < 4.78 is 14.0. The standard InChI is InChI=1S/C30H19FN8O2/c31-19-10-17(12-21(40)13-19)25-26-23(8-9-33-25)36-29(37-26)28-27-24(38-39-28)7-6-22(35-27)18-11-20(15-32-14-18)34-30(41)16-4-2-1-3-5-16/h1-15,40H,(H,34,41)(H,36,37)(H,38,39). The van der Waals surface area contributed by atoms with Crippen LogP contribution in [-0.2, 0) is 0 Å². The van der Waals surface area contributed by atoms with Gasteiger partial charge in [0, 0.05) is 35.2 Å². The minimum Gasteiger partial charge on any atom is -0.508 e. The molecule has 0 saturated carbocycles. The Hall–Kier alpha value is -5.97. The zero-order chi connectivity index (χ0) is 27.9. The van der Waals surface area contributed by atoms with Crippen molar-refractivity contribution < 1.29 is 14.3 Å². The van der Waals surface area contributed by atoms with Gasteiger partial charge in [0.15, 0.2) is 11.5 Å². The second-order valence-electron chi connectivity index (χ2n) is 9.29. The molecule has 5 aromatic heterocycles. The monoisotopic (exact) mass is 542 g/mol. The fraction of sp³-hybridized carbons (Fsp3) is 0. The maximum atomic E-state index is 14.0. The van der Waals surface area contributed by atoms with E-state index in [1.807, 2.05) is 18.2 Å². The van der Waals surface area contributed by atoms with Crippen LogP contribution in [0.4, 0.5) is 10.1 Å². The number of rotatable bonds is 5. The molecule has 4 N–H and O–H groups in total. The van der Waals surface area contributed by atoms with Gasteiger partial charge in [-0.05, 0) is 48.5 Å². The van der Waals surface area contributed by atoms with Gasteiger partial charge in [0.2, 0.25) is 0 Å². The highest BCUT2D eigenvalue weighted by atomic mass is 19.1. The number of aromatic hydroxyl groups is 1. The van der Waals surface area contributed by atoms with E-state index in [0.29, 0.717) is 67.4 Å². The van der Waals surface area contributed by atoms with Gasteiger partial charge in [-0.25, -0.2) is 14.4 Å². The van der Waals surface area contributed by atoms with Gasteiger partial charge in [0.05, 0.1) is 34.3 Å². The molecule has 0 saturated heterocycles. The van der Waals surface area contributed by atoms with Crippen molar-refractivity contribution in [3.8, 4) is 39.8 Å². The minimum absolute atomic E-state index is 0.206. The van der Waals surface area contributed by atoms with Crippen molar-refractivity contribution in [2.24, 2.45) is 0 Å². The summed E-state index contributed by atoms with van der Waals surface area (Å²) in [5, 5.41) is 20.2. The third-order valence-electron chi connectivity index (χ3n) is 6.52. The van der Waals surface area contributed by atoms with Crippen LogP contribution in [0.25, 0.3) is 56.1 Å². The Bertz CT molecular complexity index is 2070. The van der Waals surface area contributed by atoms with Crippen molar-refractivity contribution in [2.75, 3.05) is 5.32 Å². The van der Waals surface area contributed by atoms with Crippen LogP contribution in [0, 0.1) is 5.82 Å². The molecule has 7 rings (SSSR count). The van der Waals surface area contributed by atoms with E-state index < -0.39 is 5.82 Å². The van der Waals surface area contributed by atoms with Crippen LogP contribution in [0.15, 0.2) is 91.4 Å². The molecule has 0 fully saturated rings. The number of imidazole rings is 1. The molecule has 41 heavy (non-hydrogen) atoms. The van der Waals surface area contributed by atoms with E-state index in [-0.39, 0.29) is 11.7 Å². The molecule has 10 nitrogen and oxygen atoms in total. The largest absolute Gasteiger partial charge is 0.508 e. The maximum absolute atomic E-state index is 14.0. The van der Waals surface area contributed by atoms with Crippen molar-refractivity contribution >= 4 is 33.7 Å². The van der Waals surface area contributed by atoms with Gasteiger partial charge < -0.3 is 15.4 Å². The molecule has 0 spiro atoms. The number of phenols is 1. The highest BCUT2D eigenvalue weighted by molar-refractivity contribution is 6.04. The van der Waals surface area contributed by atoms with Crippen LogP contribution in [0.5, 0.6) is 5.75 Å². The lowest BCUT2D eigenvalue weighted by atomic mass is 10.1. The van der Waals surface area contributed by atoms with Crippen LogP contribution in [0.2, 0.25) is 0 Å². The van der Waals surface area contributed by atoms with E-state index in [1.165, 1.54) is 12.1 Å². The molecule has 0 atom stereocenters. The van der Waals surface area contributed by atoms with Crippen LogP contribution in [0.3, 0.4) is 0 Å². The molecule has 7 aromatic rings. The molecule has 0 bridgehead atoms. The Labute approximate surface area is 231 Å². The number of H-pyrrole nitrogens is 2. The van der Waals surface area contributed by atoms with Gasteiger partial charge in [0.1, 0.15) is 22.6 Å². The number of aromatic amines is 2. The average Bonchev–Trinajstić information content (AvgIpc) is 3.61. The smallest absolute Gasteiger partial charge is 0.255 e. The first-order valence-electron chi connectivity index (χ1n) is 12.5. The normalized spacial score (nSPS) is 11.2. The molecule has 0 unspecified atom stereocenters. The number of anilines is 1. The third kappa shape index (κ3) is 4.51. The highest BCUT2D eigenvalue weighted by Crippen LogP contribution is 2.32. The SMILES string of the molecule is O=C(Nc1cncc(-c2ccc3[nH]nc(-c4nc5c(-c6cc(O)cc(F)c6)nccc5[nH]4)c3n2)c1)c1ccccc1. The summed E-state index contributed by atoms with van der Waals surface area (Å²) in [4.78, 5) is 34.1. The van der Waals surface area contributed by atoms with Crippen LogP contribution < -0.4 is 5.32 Å². The summed E-state index contributed by atoms with van der Waals surface area (Å²) in [6.07, 6.45) is 4.82. The lowest BCUT2D eigenvalue weighted by Gasteiger charge is -2.07. The zero-order valence-corrected chi connectivity index (χ0v) is 21.1. The van der Waals surface area contributed by atoms with Crippen LogP contribution >= 0.6 is 0 Å². The van der Waals surface area contributed by atoms with Gasteiger partial charge in [-0.3, -0.25) is 19.9 Å². The molecular formula is C30H19FN8O2. The summed E-state index contributed by atoms with van der Waals surface area (Å²) in [7, 11) is 0. The number of carbonyl (C=O) groups excluding carboxylic acids is 1. The van der Waals surface area contributed by atoms with E-state index in [1.54, 1.807) is 55.0 Å². The number of carbonyl (C=O) groups is 1. The number of fused-ring (bicyclic) bond motifs is 2. The second kappa shape index (κ2) is 9.65. The third-order valence-corrected chi connectivity index (χ3v) is 6.52. The quantitative estimate of drug-likeness (QED) is 0.218. The van der Waals surface area contributed by atoms with E-state index in [0.717, 1.165) is 6.07 Å². The first-order chi connectivity index (χ1) is 20.0. The van der Waals surface area contributed by atoms with Crippen molar-refractivity contribution in [1.82, 2.24) is 35.1 Å². The summed E-state index contributed by atoms with van der Waals surface area (Å²) >= 11 is 0. The number of amides is 1. The molecular weight excluding hydrogens is 523 g/mol. The number of hydrogen-bond acceptors (Lipinski definition) is 7. The van der Waals surface area contributed by atoms with Gasteiger partial charge in [-0.1, -0.05) is 18.2 Å². The number of benzene rings is 2. The number of halogens is 1. The van der Waals surface area contributed by atoms with E-state index >= 15 is 0 Å². The molecule has 0 radical (unpaired) electrons. The lowest BCUT2D eigenvalue weighted by molar-refractivity contribution is 0.102. The minimum atomic E-state index is -0.581. The molecule has 11 heteroatoms. The number of phenolic OH excluding ortho intramolecular Hbond substituents is 1. The van der Waals surface area contributed by atoms with Gasteiger partial charge in [0.25, 0.3) is 5.91 Å². The predicted octanol–water partition coefficient (Wildman–Crippen LogP) is 5.72. The zero-order valence-electron chi connectivity index (χ0n) is 21.1. The van der Waals surface area contributed by atoms with Crippen molar-refractivity contribution in [3.05, 3.63) is 103 Å². The topological polar surface area (TPSA) is 145 Å². The summed E-state index contributed by atoms with van der Waals surface area (Å²) in [6.45, 7) is 0. The molecule has 5 heterocycles. The molecule has 0 aliphatic carbocycles. The molecule has 1 amide bonds. The average molecular weight is 543 g/mol. The number of nitrogens with one attached hydrogen (secondary N) is 3. The van der Waals surface area contributed by atoms with E-state index in [9.17, 15) is 14.3 Å². The molecule has 198 valence electrons. The number of pyridine rings is 3. The van der Waals surface area contributed by atoms with Gasteiger partial charge >= 0.3 is 0 Å². The first-order valence-corrected chi connectivity index (χ1v) is 12.5. The maximum Gasteiger partial charge on any atom is 0.255 e. The Kier molecular flexibility index (Phi) is 5.67. The fourth-order valence-electron chi connectivity index (χ4n) is 4.64. The molecule has 2 aromatic carbocycles. The van der Waals surface area contributed by atoms with Gasteiger partial charge in [-0.15, -0.1) is 0 Å². The lowest BCUT2D eigenvalue weighted by Crippen LogP contribution is -2.11. The number of hydrogen-bond donors (Lipinski definition) is 4. The van der Waals surface area contributed by atoms with E-state index in [4.69, 9.17) is 9.97 Å². The molecule has 0 aliphatic rings. The fourth-order valence-corrected chi connectivity index (χ4v) is 4.64. The Morgan fingerprint density at radius 3 is 2.56 bits per heavy atom. The van der Waals surface area contributed by atoms with Crippen LogP contribution in [-0.4, -0.2) is 46.1 Å². The van der Waals surface area contributed by atoms with Gasteiger partial charge in [-0.2, -0.15) is 5.10 Å². The highest BCUT2D eigenvalue weighted by Gasteiger charge is 2.18. The Morgan fingerprint density at radius 2 is 1.71 bits per heavy atom. The summed E-state index contributed by atoms with van der Waals surface area (Å²) in [6, 6.07) is 19.9. The van der Waals surface area contributed by atoms with Crippen molar-refractivity contribution in [1.29, 1.82) is 0 Å². The van der Waals surface area contributed by atoms with Crippen LogP contribution in [0.1, 0.15) is 10.4 Å². The van der Waals surface area contributed by atoms with Crippen molar-refractivity contribution in [3.63, 3.8) is 0 Å². The number of aromatic nitrogens is 7. The summed E-state index contributed by atoms with van der Waals surface area (Å²) in [5.74, 6) is -0.587. The number of nitrogens with zero attached hydrogens (tertiary/aromatic N) is 5. The molecule has 0 aliphatic heterocycles. The summed E-state index contributed by atoms with van der Waals surface area (Å²) in [5.41, 5.74) is 6.09. The first kappa shape index (κ1) is 24.1. The second-order valence-corrected chi connectivity index (χ2v) is 9.29. The predicted molar refractivity (Wildman–Crippen MR) is 151 cm³/mol. The Morgan fingerprint density at radius 1 is 0.854 bits per heavy atom. The van der Waals surface area contributed by atoms with E-state index in [2.05, 4.69) is 30.5 Å². The van der Waals surface area contributed by atoms with Crippen molar-refractivity contribution in [2.45, 2.75) is 0 Å². The Balaban J connectivity index is 1.25.